The van der Waals surface area contributed by atoms with Crippen LogP contribution in [0.25, 0.3) is 17.1 Å². The van der Waals surface area contributed by atoms with Crippen molar-refractivity contribution in [3.8, 4) is 17.1 Å². The number of halogens is 1. The zero-order chi connectivity index (χ0) is 13.2. The normalized spacial score (nSPS) is 10.8. The molecule has 2 aromatic heterocycles. The molecule has 2 heterocycles. The Morgan fingerprint density at radius 1 is 1.26 bits per heavy atom. The first-order valence-corrected chi connectivity index (χ1v) is 6.94. The van der Waals surface area contributed by atoms with Crippen molar-refractivity contribution in [2.45, 2.75) is 13.3 Å². The Morgan fingerprint density at radius 3 is 2.68 bits per heavy atom. The molecule has 96 valence electrons. The highest BCUT2D eigenvalue weighted by molar-refractivity contribution is 14.1. The smallest absolute Gasteiger partial charge is 0.208 e. The lowest BCUT2D eigenvalue weighted by Gasteiger charge is -2.04. The van der Waals surface area contributed by atoms with E-state index in [0.29, 0.717) is 5.82 Å². The zero-order valence-corrected chi connectivity index (χ0v) is 12.4. The minimum atomic E-state index is 0.556. The van der Waals surface area contributed by atoms with Crippen molar-refractivity contribution in [1.82, 2.24) is 30.4 Å². The van der Waals surface area contributed by atoms with Crippen molar-refractivity contribution >= 4 is 22.6 Å². The minimum Gasteiger partial charge on any atom is -0.227 e. The van der Waals surface area contributed by atoms with Crippen LogP contribution in [0, 0.1) is 3.70 Å². The highest BCUT2D eigenvalue weighted by atomic mass is 127. The molecule has 0 fully saturated rings. The van der Waals surface area contributed by atoms with Crippen LogP contribution in [0.2, 0.25) is 0 Å². The van der Waals surface area contributed by atoms with Crippen molar-refractivity contribution in [2.24, 2.45) is 0 Å². The standard InChI is InChI=1S/C12H11IN6/c1-2-8-3-5-9(6-4-8)19-11(13)10(7-14-19)12-15-17-18-16-12/h3-7H,2H2,1H3,(H,15,16,17,18). The predicted octanol–water partition coefficient (Wildman–Crippen LogP) is 2.22. The van der Waals surface area contributed by atoms with Gasteiger partial charge in [0.25, 0.3) is 0 Å². The molecule has 3 aromatic rings. The molecule has 0 amide bonds. The third-order valence-electron chi connectivity index (χ3n) is 2.89. The van der Waals surface area contributed by atoms with Gasteiger partial charge in [-0.05, 0) is 51.9 Å². The summed E-state index contributed by atoms with van der Waals surface area (Å²) in [6, 6.07) is 8.35. The van der Waals surface area contributed by atoms with E-state index in [4.69, 9.17) is 0 Å². The lowest BCUT2D eigenvalue weighted by Crippen LogP contribution is -1.99. The maximum Gasteiger partial charge on any atom is 0.208 e. The Labute approximate surface area is 123 Å². The SMILES string of the molecule is CCc1ccc(-n2ncc(-c3nn[nH]n3)c2I)cc1. The van der Waals surface area contributed by atoms with Crippen LogP contribution in [0.15, 0.2) is 30.5 Å². The van der Waals surface area contributed by atoms with Gasteiger partial charge in [0, 0.05) is 0 Å². The lowest BCUT2D eigenvalue weighted by molar-refractivity contribution is 0.857. The fourth-order valence-electron chi connectivity index (χ4n) is 1.81. The number of aryl methyl sites for hydroxylation is 1. The maximum atomic E-state index is 4.38. The van der Waals surface area contributed by atoms with Crippen LogP contribution in [0.1, 0.15) is 12.5 Å². The summed E-state index contributed by atoms with van der Waals surface area (Å²) < 4.78 is 2.83. The number of nitrogens with one attached hydrogen (secondary N) is 1. The largest absolute Gasteiger partial charge is 0.227 e. The summed E-state index contributed by atoms with van der Waals surface area (Å²) in [6.07, 6.45) is 2.78. The van der Waals surface area contributed by atoms with Crippen LogP contribution >= 0.6 is 22.6 Å². The summed E-state index contributed by atoms with van der Waals surface area (Å²) in [5, 5.41) is 18.4. The van der Waals surface area contributed by atoms with Crippen LogP contribution in [0.5, 0.6) is 0 Å². The summed E-state index contributed by atoms with van der Waals surface area (Å²) in [6.45, 7) is 2.14. The first-order valence-electron chi connectivity index (χ1n) is 5.86. The van der Waals surface area contributed by atoms with Crippen molar-refractivity contribution in [3.05, 3.63) is 39.7 Å². The molecule has 0 saturated heterocycles. The third kappa shape index (κ3) is 2.25. The summed E-state index contributed by atoms with van der Waals surface area (Å²) in [5.74, 6) is 0.556. The minimum absolute atomic E-state index is 0.556. The highest BCUT2D eigenvalue weighted by Gasteiger charge is 2.14. The van der Waals surface area contributed by atoms with Gasteiger partial charge < -0.3 is 0 Å². The van der Waals surface area contributed by atoms with Crippen LogP contribution in [-0.4, -0.2) is 30.4 Å². The van der Waals surface area contributed by atoms with E-state index < -0.39 is 0 Å². The monoisotopic (exact) mass is 366 g/mol. The maximum absolute atomic E-state index is 4.38. The molecule has 0 radical (unpaired) electrons. The van der Waals surface area contributed by atoms with E-state index in [1.807, 2.05) is 4.68 Å². The molecule has 6 nitrogen and oxygen atoms in total. The first kappa shape index (κ1) is 12.3. The van der Waals surface area contributed by atoms with Crippen LogP contribution in [0.4, 0.5) is 0 Å². The van der Waals surface area contributed by atoms with E-state index in [9.17, 15) is 0 Å². The number of hydrogen-bond acceptors (Lipinski definition) is 4. The average molecular weight is 366 g/mol. The van der Waals surface area contributed by atoms with E-state index in [0.717, 1.165) is 21.4 Å². The van der Waals surface area contributed by atoms with E-state index in [1.165, 1.54) is 5.56 Å². The van der Waals surface area contributed by atoms with Crippen LogP contribution in [0.3, 0.4) is 0 Å². The van der Waals surface area contributed by atoms with Gasteiger partial charge in [-0.1, -0.05) is 19.1 Å². The van der Waals surface area contributed by atoms with Crippen molar-refractivity contribution in [1.29, 1.82) is 0 Å². The molecular weight excluding hydrogens is 355 g/mol. The van der Waals surface area contributed by atoms with E-state index in [-0.39, 0.29) is 0 Å². The third-order valence-corrected chi connectivity index (χ3v) is 3.92. The van der Waals surface area contributed by atoms with Gasteiger partial charge in [0.2, 0.25) is 5.82 Å². The Morgan fingerprint density at radius 2 is 2.05 bits per heavy atom. The van der Waals surface area contributed by atoms with Crippen LogP contribution in [-0.2, 0) is 6.42 Å². The van der Waals surface area contributed by atoms with Gasteiger partial charge in [-0.25, -0.2) is 4.68 Å². The van der Waals surface area contributed by atoms with Gasteiger partial charge in [-0.15, -0.1) is 10.2 Å². The number of nitrogens with zero attached hydrogens (tertiary/aromatic N) is 5. The molecule has 0 atom stereocenters. The molecule has 19 heavy (non-hydrogen) atoms. The fourth-order valence-corrected chi connectivity index (χ4v) is 2.60. The molecule has 0 spiro atoms. The van der Waals surface area contributed by atoms with Gasteiger partial charge >= 0.3 is 0 Å². The molecule has 0 aliphatic carbocycles. The van der Waals surface area contributed by atoms with Gasteiger partial charge in [-0.3, -0.25) is 0 Å². The molecule has 1 aromatic carbocycles. The van der Waals surface area contributed by atoms with E-state index in [1.54, 1.807) is 6.20 Å². The second kappa shape index (κ2) is 5.08. The number of tetrazole rings is 1. The lowest BCUT2D eigenvalue weighted by atomic mass is 10.1. The number of benzene rings is 1. The van der Waals surface area contributed by atoms with E-state index >= 15 is 0 Å². The molecule has 7 heteroatoms. The number of aromatic nitrogens is 6. The van der Waals surface area contributed by atoms with Crippen molar-refractivity contribution in [2.75, 3.05) is 0 Å². The predicted molar refractivity (Wildman–Crippen MR) is 78.8 cm³/mol. The Kier molecular flexibility index (Phi) is 3.28. The topological polar surface area (TPSA) is 72.3 Å². The molecule has 0 bridgehead atoms. The molecule has 0 saturated carbocycles. The summed E-state index contributed by atoms with van der Waals surface area (Å²) in [4.78, 5) is 0. The fraction of sp³-hybridized carbons (Fsp3) is 0.167. The van der Waals surface area contributed by atoms with Gasteiger partial charge in [0.05, 0.1) is 17.4 Å². The van der Waals surface area contributed by atoms with Gasteiger partial charge in [-0.2, -0.15) is 10.3 Å². The Hall–Kier alpha value is -1.77. The number of hydrogen-bond donors (Lipinski definition) is 1. The summed E-state index contributed by atoms with van der Waals surface area (Å²) >= 11 is 2.24. The number of rotatable bonds is 3. The van der Waals surface area contributed by atoms with Crippen molar-refractivity contribution in [3.63, 3.8) is 0 Å². The molecule has 1 N–H and O–H groups in total. The second-order valence-corrected chi connectivity index (χ2v) is 5.04. The molecule has 0 aliphatic heterocycles. The molecular formula is C12H11IN6. The summed E-state index contributed by atoms with van der Waals surface area (Å²) in [5.41, 5.74) is 3.20. The van der Waals surface area contributed by atoms with E-state index in [2.05, 4.69) is 79.5 Å². The molecule has 0 aliphatic rings. The quantitative estimate of drug-likeness (QED) is 0.722. The first-order chi connectivity index (χ1) is 9.29. The average Bonchev–Trinajstić information content (AvgIpc) is 3.08. The highest BCUT2D eigenvalue weighted by Crippen LogP contribution is 2.23. The Bertz CT molecular complexity index is 671. The van der Waals surface area contributed by atoms with Gasteiger partial charge in [0.1, 0.15) is 3.70 Å². The Balaban J connectivity index is 2.01. The molecule has 3 rings (SSSR count). The van der Waals surface area contributed by atoms with Crippen molar-refractivity contribution < 1.29 is 0 Å². The summed E-state index contributed by atoms with van der Waals surface area (Å²) in [7, 11) is 0. The second-order valence-electron chi connectivity index (χ2n) is 4.02. The van der Waals surface area contributed by atoms with Crippen LogP contribution < -0.4 is 0 Å². The number of H-pyrrole nitrogens is 1. The molecule has 0 unspecified atom stereocenters. The zero-order valence-electron chi connectivity index (χ0n) is 10.2. The van der Waals surface area contributed by atoms with Gasteiger partial charge in [0.15, 0.2) is 0 Å². The number of aromatic amines is 1.